The number of alkyl halides is 4. The van der Waals surface area contributed by atoms with Gasteiger partial charge >= 0.3 is 12.3 Å². The highest BCUT2D eigenvalue weighted by atomic mass is 32.3. The van der Waals surface area contributed by atoms with E-state index in [4.69, 9.17) is 5.73 Å². The molecule has 2 aromatic rings. The van der Waals surface area contributed by atoms with E-state index in [0.717, 1.165) is 24.4 Å². The molecule has 15 heteroatoms. The highest BCUT2D eigenvalue weighted by Crippen LogP contribution is 2.67. The molecule has 3 atom stereocenters. The molecule has 1 saturated heterocycles. The van der Waals surface area contributed by atoms with Crippen LogP contribution in [0.4, 0.5) is 27.8 Å². The summed E-state index contributed by atoms with van der Waals surface area (Å²) in [5, 5.41) is 1.98. The topological polar surface area (TPSA) is 135 Å². The number of amidine groups is 1. The Bertz CT molecular complexity index is 1260. The Balaban J connectivity index is 1.55. The number of halogens is 5. The molecule has 38 heavy (non-hydrogen) atoms. The third-order valence-electron chi connectivity index (χ3n) is 6.80. The van der Waals surface area contributed by atoms with Crippen molar-refractivity contribution in [1.29, 1.82) is 0 Å². The summed E-state index contributed by atoms with van der Waals surface area (Å²) >= 11 is 0. The number of aromatic nitrogens is 2. The maximum absolute atomic E-state index is 15.1. The highest BCUT2D eigenvalue weighted by Gasteiger charge is 2.61. The van der Waals surface area contributed by atoms with Gasteiger partial charge in [-0.05, 0) is 51.5 Å². The van der Waals surface area contributed by atoms with Crippen molar-refractivity contribution in [2.24, 2.45) is 10.7 Å². The van der Waals surface area contributed by atoms with Crippen molar-refractivity contribution in [2.45, 2.75) is 55.1 Å². The molecule has 1 fully saturated rings. The molecular weight excluding hydrogens is 535 g/mol. The van der Waals surface area contributed by atoms with E-state index >= 15 is 4.39 Å². The first-order chi connectivity index (χ1) is 17.6. The van der Waals surface area contributed by atoms with E-state index in [9.17, 15) is 26.9 Å². The van der Waals surface area contributed by atoms with Gasteiger partial charge < -0.3 is 20.3 Å². The number of nitrogens with two attached hydrogens (primary N) is 1. The molecule has 0 spiro atoms. The van der Waals surface area contributed by atoms with E-state index in [1.54, 1.807) is 20.8 Å². The van der Waals surface area contributed by atoms with Crippen LogP contribution in [0.1, 0.15) is 43.4 Å². The third-order valence-corrected chi connectivity index (χ3v) is 10.7. The first-order valence-corrected chi connectivity index (χ1v) is 13.1. The smallest absolute Gasteiger partial charge is 0.340 e. The van der Waals surface area contributed by atoms with Gasteiger partial charge in [-0.15, -0.1) is 0 Å². The van der Waals surface area contributed by atoms with Gasteiger partial charge in [0.15, 0.2) is 6.61 Å². The lowest BCUT2D eigenvalue weighted by molar-refractivity contribution is -0.148. The monoisotopic (exact) mass is 562 g/mol. The zero-order valence-corrected chi connectivity index (χ0v) is 21.5. The van der Waals surface area contributed by atoms with Crippen LogP contribution in [0.15, 0.2) is 35.5 Å². The molecule has 0 aromatic carbocycles. The Morgan fingerprint density at radius 1 is 1.32 bits per heavy atom. The number of carbonyl (C=O) groups is 1. The normalized spacial score (nSPS) is 28.3. The second-order valence-electron chi connectivity index (χ2n) is 9.66. The molecule has 9 nitrogen and oxygen atoms in total. The van der Waals surface area contributed by atoms with E-state index < -0.39 is 56.7 Å². The van der Waals surface area contributed by atoms with Crippen molar-refractivity contribution >= 4 is 28.1 Å². The molecule has 4 heterocycles. The minimum Gasteiger partial charge on any atom is -0.485 e. The van der Waals surface area contributed by atoms with E-state index in [1.165, 1.54) is 6.07 Å². The number of anilines is 1. The van der Waals surface area contributed by atoms with Gasteiger partial charge in [-0.2, -0.15) is 8.78 Å². The summed E-state index contributed by atoms with van der Waals surface area (Å²) in [6, 6.07) is 4.60. The van der Waals surface area contributed by atoms with Crippen LogP contribution in [0.5, 0.6) is 5.75 Å². The van der Waals surface area contributed by atoms with Gasteiger partial charge in [0.2, 0.25) is 0 Å². The van der Waals surface area contributed by atoms with Crippen molar-refractivity contribution in [2.75, 3.05) is 18.5 Å². The Labute approximate surface area is 216 Å². The van der Waals surface area contributed by atoms with Gasteiger partial charge in [0.25, 0.3) is 5.91 Å². The van der Waals surface area contributed by atoms with E-state index in [-0.39, 0.29) is 28.8 Å². The van der Waals surface area contributed by atoms with Crippen molar-refractivity contribution < 1.29 is 36.0 Å². The van der Waals surface area contributed by atoms with E-state index in [0.29, 0.717) is 13.0 Å². The van der Waals surface area contributed by atoms with Crippen LogP contribution >= 0.6 is 10.5 Å². The summed E-state index contributed by atoms with van der Waals surface area (Å²) in [6.45, 7) is 4.12. The Hall–Kier alpha value is -3.04. The van der Waals surface area contributed by atoms with Crippen LogP contribution in [0, 0.1) is 5.82 Å². The van der Waals surface area contributed by atoms with Crippen LogP contribution in [0.25, 0.3) is 0 Å². The quantitative estimate of drug-likeness (QED) is 0.374. The average molecular weight is 563 g/mol. The van der Waals surface area contributed by atoms with E-state index in [2.05, 4.69) is 29.7 Å². The number of hydrogen-bond donors (Lipinski definition) is 4. The second-order valence-corrected chi connectivity index (χ2v) is 12.8. The number of aliphatic imine (C=N–C) groups is 1. The number of hydrogen-bond acceptors (Lipinski definition) is 8. The van der Waals surface area contributed by atoms with Crippen LogP contribution < -0.4 is 20.5 Å². The van der Waals surface area contributed by atoms with Gasteiger partial charge in [-0.3, -0.25) is 14.5 Å². The second kappa shape index (κ2) is 9.61. The van der Waals surface area contributed by atoms with Crippen LogP contribution in [-0.4, -0.2) is 61.8 Å². The predicted molar refractivity (Wildman–Crippen MR) is 133 cm³/mol. The Morgan fingerprint density at radius 2 is 2.03 bits per heavy atom. The third kappa shape index (κ3) is 4.66. The van der Waals surface area contributed by atoms with Crippen LogP contribution in [-0.2, 0) is 5.54 Å². The number of ether oxygens (including phenoxy) is 1. The van der Waals surface area contributed by atoms with Crippen LogP contribution in [0.3, 0.4) is 0 Å². The lowest BCUT2D eigenvalue weighted by Gasteiger charge is -2.55. The largest absolute Gasteiger partial charge is 0.485 e. The van der Waals surface area contributed by atoms with Gasteiger partial charge in [-0.1, -0.05) is 10.5 Å². The summed E-state index contributed by atoms with van der Waals surface area (Å²) in [5.41, 5.74) is 4.64. The standard InChI is InChI=1S/C23H27F5N6O3S/c1-21(2)20(29)34-22(3,15-8-9-31-38(15,21)36)17-13(24)5-7-16(32-17)33-18(35)14-6-4-12(10-30-14)37-11-23(27,28)19(25)26/h4-7,10,15,19,31,36H,8-9,11H2,1-3H3,(H2,29,34)(H,32,33,35)/t15-,22+/m1/s1. The average Bonchev–Trinajstić information content (AvgIpc) is 3.28. The first kappa shape index (κ1) is 28.0. The SMILES string of the molecule is CC1(C)C(N)=N[C@](C)(c2nc(NC(=O)c3ccc(OCC(F)(F)C(F)F)cn3)ccc2F)[C@H]2CCNS21O. The van der Waals surface area contributed by atoms with E-state index in [1.807, 2.05) is 0 Å². The van der Waals surface area contributed by atoms with Gasteiger partial charge in [0.1, 0.15) is 40.1 Å². The van der Waals surface area contributed by atoms with Crippen molar-refractivity contribution in [3.05, 3.63) is 47.7 Å². The molecule has 4 rings (SSSR count). The number of nitrogens with one attached hydrogen (secondary N) is 2. The molecule has 2 aliphatic rings. The molecule has 0 saturated carbocycles. The fraction of sp³-hybridized carbons (Fsp3) is 0.478. The molecule has 0 aliphatic carbocycles. The fourth-order valence-electron chi connectivity index (χ4n) is 4.48. The lowest BCUT2D eigenvalue weighted by atomic mass is 9.90. The molecule has 5 N–H and O–H groups in total. The number of fused-ring (bicyclic) bond motifs is 1. The molecule has 0 radical (unpaired) electrons. The molecule has 0 bridgehead atoms. The molecule has 1 unspecified atom stereocenters. The number of amides is 1. The Morgan fingerprint density at radius 3 is 2.66 bits per heavy atom. The number of pyridine rings is 2. The minimum absolute atomic E-state index is 0.0329. The van der Waals surface area contributed by atoms with Crippen molar-refractivity contribution in [3.63, 3.8) is 0 Å². The summed E-state index contributed by atoms with van der Waals surface area (Å²) in [5.74, 6) is -5.93. The zero-order valence-electron chi connectivity index (χ0n) is 20.6. The minimum atomic E-state index is -4.34. The predicted octanol–water partition coefficient (Wildman–Crippen LogP) is 4.07. The van der Waals surface area contributed by atoms with Crippen molar-refractivity contribution in [1.82, 2.24) is 14.7 Å². The molecule has 1 amide bonds. The van der Waals surface area contributed by atoms with Crippen LogP contribution in [0.2, 0.25) is 0 Å². The highest BCUT2D eigenvalue weighted by molar-refractivity contribution is 8.29. The summed E-state index contributed by atoms with van der Waals surface area (Å²) < 4.78 is 84.2. The maximum Gasteiger partial charge on any atom is 0.340 e. The number of nitrogens with zero attached hydrogens (tertiary/aromatic N) is 3. The molecule has 208 valence electrons. The van der Waals surface area contributed by atoms with Gasteiger partial charge in [-0.25, -0.2) is 23.1 Å². The maximum atomic E-state index is 15.1. The summed E-state index contributed by atoms with van der Waals surface area (Å²) in [6.07, 6.45) is -2.46. The fourth-order valence-corrected chi connectivity index (χ4v) is 7.83. The summed E-state index contributed by atoms with van der Waals surface area (Å²) in [7, 11) is -2.56. The van der Waals surface area contributed by atoms with Crippen molar-refractivity contribution in [3.8, 4) is 5.75 Å². The Kier molecular flexibility index (Phi) is 7.08. The number of carbonyl (C=O) groups excluding carboxylic acids is 1. The van der Waals surface area contributed by atoms with Gasteiger partial charge in [0.05, 0.1) is 16.2 Å². The molecule has 2 aromatic heterocycles. The zero-order chi connectivity index (χ0) is 28.1. The summed E-state index contributed by atoms with van der Waals surface area (Å²) in [4.78, 5) is 25.4. The molecule has 2 aliphatic heterocycles. The van der Waals surface area contributed by atoms with Gasteiger partial charge in [0, 0.05) is 6.54 Å². The molecular formula is C23H27F5N6O3S. The first-order valence-electron chi connectivity index (χ1n) is 11.5. The number of rotatable bonds is 7. The lowest BCUT2D eigenvalue weighted by Crippen LogP contribution is -2.57.